The first-order valence-electron chi connectivity index (χ1n) is 7.51. The Morgan fingerprint density at radius 2 is 1.79 bits per heavy atom. The van der Waals surface area contributed by atoms with Crippen molar-refractivity contribution in [3.05, 3.63) is 0 Å². The van der Waals surface area contributed by atoms with Gasteiger partial charge in [0.1, 0.15) is 6.54 Å². The first kappa shape index (κ1) is 12.9. The van der Waals surface area contributed by atoms with E-state index in [1.54, 1.807) is 0 Å². The van der Waals surface area contributed by atoms with Gasteiger partial charge in [0.25, 0.3) is 0 Å². The summed E-state index contributed by atoms with van der Waals surface area (Å²) in [6.45, 7) is 0.519. The fourth-order valence-corrected chi connectivity index (χ4v) is 5.49. The van der Waals surface area contributed by atoms with Crippen LogP contribution in [-0.2, 0) is 4.79 Å². The molecule has 4 aliphatic rings. The van der Waals surface area contributed by atoms with Gasteiger partial charge < -0.3 is 11.1 Å². The van der Waals surface area contributed by atoms with Crippen molar-refractivity contribution in [2.75, 3.05) is 13.1 Å². The number of nitrogens with one attached hydrogen (secondary N) is 1. The van der Waals surface area contributed by atoms with Crippen molar-refractivity contribution < 1.29 is 4.79 Å². The van der Waals surface area contributed by atoms with Crippen LogP contribution in [0.1, 0.15) is 38.5 Å². The van der Waals surface area contributed by atoms with Crippen LogP contribution in [-0.4, -0.2) is 19.0 Å². The van der Waals surface area contributed by atoms with Crippen molar-refractivity contribution in [3.8, 4) is 6.07 Å². The molecule has 0 aromatic heterocycles. The van der Waals surface area contributed by atoms with Crippen molar-refractivity contribution >= 4 is 5.91 Å². The van der Waals surface area contributed by atoms with Crippen LogP contribution in [0.2, 0.25) is 0 Å². The van der Waals surface area contributed by atoms with Crippen LogP contribution in [0, 0.1) is 40.4 Å². The molecule has 3 N–H and O–H groups in total. The molecule has 4 heteroatoms. The Kier molecular flexibility index (Phi) is 3.26. The molecule has 1 unspecified atom stereocenters. The van der Waals surface area contributed by atoms with Gasteiger partial charge in [0, 0.05) is 6.54 Å². The molecule has 0 aromatic carbocycles. The maximum atomic E-state index is 12.3. The highest BCUT2D eigenvalue weighted by Gasteiger charge is 2.55. The molecule has 0 spiro atoms. The van der Waals surface area contributed by atoms with Crippen LogP contribution < -0.4 is 11.1 Å². The minimum atomic E-state index is -0.0887. The van der Waals surface area contributed by atoms with E-state index in [1.165, 1.54) is 38.5 Å². The number of rotatable bonds is 4. The van der Waals surface area contributed by atoms with Gasteiger partial charge in [-0.25, -0.2) is 0 Å². The van der Waals surface area contributed by atoms with Gasteiger partial charge in [-0.1, -0.05) is 0 Å². The Morgan fingerprint density at radius 3 is 2.21 bits per heavy atom. The molecule has 1 atom stereocenters. The van der Waals surface area contributed by atoms with Crippen molar-refractivity contribution in [1.82, 2.24) is 5.32 Å². The molecule has 4 bridgehead atoms. The lowest BCUT2D eigenvalue weighted by atomic mass is 9.46. The number of nitriles is 1. The van der Waals surface area contributed by atoms with Crippen LogP contribution in [0.25, 0.3) is 0 Å². The Hall–Kier alpha value is -1.08. The Labute approximate surface area is 114 Å². The van der Waals surface area contributed by atoms with Crippen LogP contribution in [0.4, 0.5) is 0 Å². The number of carbonyl (C=O) groups excluding carboxylic acids is 1. The molecule has 0 aromatic rings. The van der Waals surface area contributed by atoms with Gasteiger partial charge in [-0.05, 0) is 61.7 Å². The average Bonchev–Trinajstić information content (AvgIpc) is 2.35. The summed E-state index contributed by atoms with van der Waals surface area (Å²) in [6, 6.07) is 1.98. The van der Waals surface area contributed by atoms with E-state index in [0.29, 0.717) is 6.54 Å². The fraction of sp³-hybridized carbons (Fsp3) is 0.867. The second-order valence-electron chi connectivity index (χ2n) is 6.94. The lowest BCUT2D eigenvalue weighted by Gasteiger charge is -2.59. The summed E-state index contributed by atoms with van der Waals surface area (Å²) < 4.78 is 0. The third kappa shape index (κ3) is 2.14. The summed E-state index contributed by atoms with van der Waals surface area (Å²) in [5, 5.41) is 11.3. The average molecular weight is 261 g/mol. The Bertz CT molecular complexity index is 377. The molecule has 0 radical (unpaired) electrons. The van der Waals surface area contributed by atoms with Crippen molar-refractivity contribution in [2.45, 2.75) is 38.5 Å². The molecule has 0 aliphatic heterocycles. The molecule has 4 nitrogen and oxygen atoms in total. The highest BCUT2D eigenvalue weighted by atomic mass is 16.1. The SMILES string of the molecule is N#CCNC(=O)C(CN)C12CC3CC(CC(C3)C1)C2. The number of amides is 1. The zero-order chi connectivity index (χ0) is 13.5. The zero-order valence-electron chi connectivity index (χ0n) is 11.4. The molecule has 0 saturated heterocycles. The van der Waals surface area contributed by atoms with E-state index in [4.69, 9.17) is 11.0 Å². The van der Waals surface area contributed by atoms with E-state index in [2.05, 4.69) is 5.32 Å². The normalized spacial score (nSPS) is 40.7. The first-order valence-corrected chi connectivity index (χ1v) is 7.51. The van der Waals surface area contributed by atoms with Crippen molar-refractivity contribution in [1.29, 1.82) is 5.26 Å². The standard InChI is InChI=1S/C15H23N3O/c16-1-2-18-14(19)13(9-17)15-6-10-3-11(7-15)5-12(4-10)8-15/h10-13H,2-9,17H2,(H,18,19). The minimum Gasteiger partial charge on any atom is -0.343 e. The topological polar surface area (TPSA) is 78.9 Å². The summed E-state index contributed by atoms with van der Waals surface area (Å²) in [5.41, 5.74) is 6.06. The largest absolute Gasteiger partial charge is 0.343 e. The second kappa shape index (κ2) is 4.79. The minimum absolute atomic E-state index is 0.00556. The highest BCUT2D eigenvalue weighted by molar-refractivity contribution is 5.80. The van der Waals surface area contributed by atoms with Crippen molar-refractivity contribution in [2.24, 2.45) is 34.8 Å². The fourth-order valence-electron chi connectivity index (χ4n) is 5.49. The predicted octanol–water partition coefficient (Wildman–Crippen LogP) is 1.42. The molecular formula is C15H23N3O. The van der Waals surface area contributed by atoms with Gasteiger partial charge in [0.2, 0.25) is 5.91 Å². The van der Waals surface area contributed by atoms with Gasteiger partial charge in [0.05, 0.1) is 12.0 Å². The molecule has 19 heavy (non-hydrogen) atoms. The van der Waals surface area contributed by atoms with Crippen LogP contribution in [0.3, 0.4) is 0 Å². The Balaban J connectivity index is 1.79. The molecule has 0 heterocycles. The second-order valence-corrected chi connectivity index (χ2v) is 6.94. The number of hydrogen-bond acceptors (Lipinski definition) is 3. The van der Waals surface area contributed by atoms with Crippen LogP contribution in [0.15, 0.2) is 0 Å². The molecule has 4 aliphatic carbocycles. The maximum absolute atomic E-state index is 12.3. The third-order valence-corrected chi connectivity index (χ3v) is 5.72. The van der Waals surface area contributed by atoms with E-state index in [9.17, 15) is 4.79 Å². The summed E-state index contributed by atoms with van der Waals surface area (Å²) in [5.74, 6) is 2.39. The van der Waals surface area contributed by atoms with Crippen LogP contribution >= 0.6 is 0 Å². The lowest BCUT2D eigenvalue weighted by Crippen LogP contribution is -2.55. The quantitative estimate of drug-likeness (QED) is 0.751. The van der Waals surface area contributed by atoms with E-state index in [-0.39, 0.29) is 23.8 Å². The lowest BCUT2D eigenvalue weighted by molar-refractivity contribution is -0.140. The first-order chi connectivity index (χ1) is 9.16. The zero-order valence-corrected chi connectivity index (χ0v) is 11.4. The predicted molar refractivity (Wildman–Crippen MR) is 71.8 cm³/mol. The van der Waals surface area contributed by atoms with E-state index in [1.807, 2.05) is 6.07 Å². The van der Waals surface area contributed by atoms with E-state index < -0.39 is 0 Å². The number of carbonyl (C=O) groups is 1. The highest BCUT2D eigenvalue weighted by Crippen LogP contribution is 2.62. The van der Waals surface area contributed by atoms with Gasteiger partial charge >= 0.3 is 0 Å². The maximum Gasteiger partial charge on any atom is 0.225 e. The summed E-state index contributed by atoms with van der Waals surface area (Å²) in [4.78, 5) is 12.3. The number of nitrogens with zero attached hydrogens (tertiary/aromatic N) is 1. The van der Waals surface area contributed by atoms with Gasteiger partial charge in [-0.3, -0.25) is 4.79 Å². The van der Waals surface area contributed by atoms with Gasteiger partial charge in [0.15, 0.2) is 0 Å². The number of hydrogen-bond donors (Lipinski definition) is 2. The molecule has 4 rings (SSSR count). The van der Waals surface area contributed by atoms with E-state index >= 15 is 0 Å². The smallest absolute Gasteiger partial charge is 0.225 e. The number of nitrogens with two attached hydrogens (primary N) is 1. The molecule has 1 amide bonds. The summed E-state index contributed by atoms with van der Waals surface area (Å²) in [6.07, 6.45) is 7.66. The summed E-state index contributed by atoms with van der Waals surface area (Å²) in [7, 11) is 0. The van der Waals surface area contributed by atoms with Gasteiger partial charge in [-0.15, -0.1) is 0 Å². The Morgan fingerprint density at radius 1 is 1.26 bits per heavy atom. The molecule has 4 saturated carbocycles. The molecule has 104 valence electrons. The summed E-state index contributed by atoms with van der Waals surface area (Å²) >= 11 is 0. The van der Waals surface area contributed by atoms with Crippen molar-refractivity contribution in [3.63, 3.8) is 0 Å². The van der Waals surface area contributed by atoms with E-state index in [0.717, 1.165) is 17.8 Å². The van der Waals surface area contributed by atoms with Crippen LogP contribution in [0.5, 0.6) is 0 Å². The third-order valence-electron chi connectivity index (χ3n) is 5.72. The molecule has 4 fully saturated rings. The van der Waals surface area contributed by atoms with Gasteiger partial charge in [-0.2, -0.15) is 5.26 Å². The monoisotopic (exact) mass is 261 g/mol. The molecular weight excluding hydrogens is 238 g/mol.